The second kappa shape index (κ2) is 5.99. The molecule has 14 heavy (non-hydrogen) atoms. The molecule has 1 aromatic rings. The van der Waals surface area contributed by atoms with Gasteiger partial charge in [0, 0.05) is 18.4 Å². The Morgan fingerprint density at radius 3 is 2.57 bits per heavy atom. The maximum Gasteiger partial charge on any atom is 0.0568 e. The third-order valence-electron chi connectivity index (χ3n) is 2.20. The fourth-order valence-electron chi connectivity index (χ4n) is 1.39. The standard InChI is InChI=1S/C12H15BrO/c1-10(8-13)12(9-14-2)11-6-4-3-5-7-11/h3-7,12H,1,8-9H2,2H3. The summed E-state index contributed by atoms with van der Waals surface area (Å²) in [7, 11) is 1.72. The first-order valence-electron chi connectivity index (χ1n) is 4.57. The highest BCUT2D eigenvalue weighted by molar-refractivity contribution is 9.09. The van der Waals surface area contributed by atoms with Gasteiger partial charge in [0.05, 0.1) is 6.61 Å². The molecule has 0 fully saturated rings. The van der Waals surface area contributed by atoms with Gasteiger partial charge in [-0.3, -0.25) is 0 Å². The van der Waals surface area contributed by atoms with Gasteiger partial charge in [-0.2, -0.15) is 0 Å². The number of hydrogen-bond acceptors (Lipinski definition) is 1. The van der Waals surface area contributed by atoms with E-state index < -0.39 is 0 Å². The van der Waals surface area contributed by atoms with Crippen LogP contribution >= 0.6 is 15.9 Å². The van der Waals surface area contributed by atoms with Crippen molar-refractivity contribution in [1.29, 1.82) is 0 Å². The highest BCUT2D eigenvalue weighted by Gasteiger charge is 2.13. The monoisotopic (exact) mass is 254 g/mol. The number of benzene rings is 1. The van der Waals surface area contributed by atoms with E-state index in [4.69, 9.17) is 4.74 Å². The lowest BCUT2D eigenvalue weighted by molar-refractivity contribution is 0.188. The molecule has 0 N–H and O–H groups in total. The van der Waals surface area contributed by atoms with Crippen LogP contribution in [-0.2, 0) is 4.74 Å². The summed E-state index contributed by atoms with van der Waals surface area (Å²) in [5.74, 6) is 0.292. The van der Waals surface area contributed by atoms with Crippen molar-refractivity contribution in [2.75, 3.05) is 19.0 Å². The molecule has 0 amide bonds. The highest BCUT2D eigenvalue weighted by Crippen LogP contribution is 2.24. The number of hydrogen-bond donors (Lipinski definition) is 0. The van der Waals surface area contributed by atoms with Crippen LogP contribution in [0, 0.1) is 0 Å². The van der Waals surface area contributed by atoms with Crippen molar-refractivity contribution >= 4 is 15.9 Å². The lowest BCUT2D eigenvalue weighted by Gasteiger charge is -2.17. The SMILES string of the molecule is C=C(CBr)C(COC)c1ccccc1. The van der Waals surface area contributed by atoms with E-state index in [0.29, 0.717) is 12.5 Å². The van der Waals surface area contributed by atoms with Crippen LogP contribution in [0.4, 0.5) is 0 Å². The number of ether oxygens (including phenoxy) is 1. The van der Waals surface area contributed by atoms with E-state index in [1.807, 2.05) is 18.2 Å². The summed E-state index contributed by atoms with van der Waals surface area (Å²) in [4.78, 5) is 0. The summed E-state index contributed by atoms with van der Waals surface area (Å²) in [6.07, 6.45) is 0. The van der Waals surface area contributed by atoms with Crippen molar-refractivity contribution in [3.05, 3.63) is 48.0 Å². The smallest absolute Gasteiger partial charge is 0.0568 e. The fraction of sp³-hybridized carbons (Fsp3) is 0.333. The van der Waals surface area contributed by atoms with Crippen LogP contribution in [0.2, 0.25) is 0 Å². The first-order valence-corrected chi connectivity index (χ1v) is 5.69. The zero-order valence-electron chi connectivity index (χ0n) is 8.37. The minimum Gasteiger partial charge on any atom is -0.384 e. The number of halogens is 1. The van der Waals surface area contributed by atoms with E-state index in [1.54, 1.807) is 7.11 Å². The van der Waals surface area contributed by atoms with Crippen LogP contribution in [0.15, 0.2) is 42.5 Å². The minimum absolute atomic E-state index is 0.292. The number of methoxy groups -OCH3 is 1. The fourth-order valence-corrected chi connectivity index (χ4v) is 1.79. The molecule has 1 rings (SSSR count). The Morgan fingerprint density at radius 1 is 1.43 bits per heavy atom. The minimum atomic E-state index is 0.292. The van der Waals surface area contributed by atoms with Gasteiger partial charge in [0.15, 0.2) is 0 Å². The third-order valence-corrected chi connectivity index (χ3v) is 2.92. The summed E-state index contributed by atoms with van der Waals surface area (Å²) in [5.41, 5.74) is 2.41. The Hall–Kier alpha value is -0.600. The van der Waals surface area contributed by atoms with Gasteiger partial charge in [0.25, 0.3) is 0 Å². The molecular weight excluding hydrogens is 240 g/mol. The molecule has 0 bridgehead atoms. The average molecular weight is 255 g/mol. The normalized spacial score (nSPS) is 12.4. The second-order valence-corrected chi connectivity index (χ2v) is 3.77. The average Bonchev–Trinajstić information content (AvgIpc) is 2.26. The highest BCUT2D eigenvalue weighted by atomic mass is 79.9. The van der Waals surface area contributed by atoms with E-state index in [0.717, 1.165) is 10.9 Å². The molecule has 1 aromatic carbocycles. The van der Waals surface area contributed by atoms with E-state index in [2.05, 4.69) is 34.6 Å². The third kappa shape index (κ3) is 2.96. The van der Waals surface area contributed by atoms with Crippen molar-refractivity contribution in [3.8, 4) is 0 Å². The zero-order chi connectivity index (χ0) is 10.4. The second-order valence-electron chi connectivity index (χ2n) is 3.21. The molecule has 0 heterocycles. The quantitative estimate of drug-likeness (QED) is 0.579. The van der Waals surface area contributed by atoms with E-state index in [-0.39, 0.29) is 0 Å². The molecule has 0 saturated carbocycles. The molecule has 1 nitrogen and oxygen atoms in total. The Balaban J connectivity index is 2.83. The molecular formula is C12H15BrO. The molecule has 0 aliphatic carbocycles. The molecule has 0 aliphatic heterocycles. The largest absolute Gasteiger partial charge is 0.384 e. The van der Waals surface area contributed by atoms with Gasteiger partial charge in [-0.1, -0.05) is 58.4 Å². The van der Waals surface area contributed by atoms with Crippen LogP contribution in [0.1, 0.15) is 11.5 Å². The van der Waals surface area contributed by atoms with Gasteiger partial charge in [-0.15, -0.1) is 0 Å². The molecule has 1 atom stereocenters. The summed E-state index contributed by atoms with van der Waals surface area (Å²) in [5, 5.41) is 0.815. The van der Waals surface area contributed by atoms with Crippen molar-refractivity contribution in [2.45, 2.75) is 5.92 Å². The van der Waals surface area contributed by atoms with Gasteiger partial charge < -0.3 is 4.74 Å². The molecule has 0 saturated heterocycles. The Labute approximate surface area is 93.9 Å². The predicted molar refractivity (Wildman–Crippen MR) is 64.0 cm³/mol. The van der Waals surface area contributed by atoms with Crippen molar-refractivity contribution in [2.24, 2.45) is 0 Å². The first-order chi connectivity index (χ1) is 6.79. The lowest BCUT2D eigenvalue weighted by Crippen LogP contribution is -2.09. The Kier molecular flexibility index (Phi) is 4.91. The number of rotatable bonds is 5. The summed E-state index contributed by atoms with van der Waals surface area (Å²) >= 11 is 3.43. The molecule has 2 heteroatoms. The Bertz CT molecular complexity index is 282. The molecule has 0 radical (unpaired) electrons. The van der Waals surface area contributed by atoms with Gasteiger partial charge in [0.2, 0.25) is 0 Å². The maximum absolute atomic E-state index is 5.20. The van der Waals surface area contributed by atoms with Crippen LogP contribution in [0.3, 0.4) is 0 Å². The summed E-state index contributed by atoms with van der Waals surface area (Å²) in [6.45, 7) is 4.73. The van der Waals surface area contributed by atoms with Gasteiger partial charge in [0.1, 0.15) is 0 Å². The number of alkyl halides is 1. The van der Waals surface area contributed by atoms with Crippen molar-refractivity contribution in [3.63, 3.8) is 0 Å². The topological polar surface area (TPSA) is 9.23 Å². The molecule has 0 spiro atoms. The summed E-state index contributed by atoms with van der Waals surface area (Å²) in [6, 6.07) is 10.3. The Morgan fingerprint density at radius 2 is 2.07 bits per heavy atom. The van der Waals surface area contributed by atoms with Gasteiger partial charge >= 0.3 is 0 Å². The molecule has 0 aliphatic rings. The van der Waals surface area contributed by atoms with E-state index >= 15 is 0 Å². The van der Waals surface area contributed by atoms with Crippen molar-refractivity contribution in [1.82, 2.24) is 0 Å². The molecule has 76 valence electrons. The van der Waals surface area contributed by atoms with E-state index in [9.17, 15) is 0 Å². The van der Waals surface area contributed by atoms with Crippen LogP contribution in [0.25, 0.3) is 0 Å². The van der Waals surface area contributed by atoms with Crippen molar-refractivity contribution < 1.29 is 4.74 Å². The van der Waals surface area contributed by atoms with E-state index in [1.165, 1.54) is 5.56 Å². The van der Waals surface area contributed by atoms with Crippen LogP contribution in [0.5, 0.6) is 0 Å². The first kappa shape index (κ1) is 11.5. The maximum atomic E-state index is 5.20. The van der Waals surface area contributed by atoms with Crippen LogP contribution < -0.4 is 0 Å². The predicted octanol–water partition coefficient (Wildman–Crippen LogP) is 3.37. The summed E-state index contributed by atoms with van der Waals surface area (Å²) < 4.78 is 5.20. The molecule has 0 aromatic heterocycles. The molecule has 1 unspecified atom stereocenters. The van der Waals surface area contributed by atoms with Crippen LogP contribution in [-0.4, -0.2) is 19.0 Å². The van der Waals surface area contributed by atoms with Gasteiger partial charge in [-0.05, 0) is 5.56 Å². The lowest BCUT2D eigenvalue weighted by atomic mass is 9.94. The van der Waals surface area contributed by atoms with Gasteiger partial charge in [-0.25, -0.2) is 0 Å². The zero-order valence-corrected chi connectivity index (χ0v) is 9.96.